The first-order valence-corrected chi connectivity index (χ1v) is 21.0. The van der Waals surface area contributed by atoms with Gasteiger partial charge in [-0.15, -0.1) is 0 Å². The van der Waals surface area contributed by atoms with Crippen LogP contribution in [0.15, 0.2) is 231 Å². The van der Waals surface area contributed by atoms with E-state index in [-0.39, 0.29) is 0 Å². The molecule has 1 spiro atoms. The molecule has 2 heteroatoms. The van der Waals surface area contributed by atoms with Crippen molar-refractivity contribution in [3.8, 4) is 89.5 Å². The lowest BCUT2D eigenvalue weighted by atomic mass is 9.70. The molecule has 0 saturated heterocycles. The van der Waals surface area contributed by atoms with E-state index in [1.54, 1.807) is 0 Å². The normalized spacial score (nSPS) is 12.7. The monoisotopic (exact) mass is 774 g/mol. The van der Waals surface area contributed by atoms with E-state index in [0.29, 0.717) is 0 Å². The molecule has 284 valence electrons. The molecular weight excluding hydrogens is 737 g/mol. The van der Waals surface area contributed by atoms with E-state index in [0.717, 1.165) is 67.3 Å². The highest BCUT2D eigenvalue weighted by molar-refractivity contribution is 5.97. The Hall–Kier alpha value is -7.94. The first-order chi connectivity index (χ1) is 30.2. The number of aromatic nitrogens is 2. The van der Waals surface area contributed by atoms with Gasteiger partial charge in [-0.1, -0.05) is 194 Å². The molecule has 2 aliphatic rings. The fraction of sp³-hybridized carbons (Fsp3) is 0.0169. The minimum atomic E-state index is -0.458. The molecule has 10 aromatic rings. The Morgan fingerprint density at radius 2 is 0.508 bits per heavy atom. The molecular formula is C59H38N2. The number of hydrogen-bond acceptors (Lipinski definition) is 2. The predicted octanol–water partition coefficient (Wildman–Crippen LogP) is 14.8. The molecule has 0 atom stereocenters. The van der Waals surface area contributed by atoms with Crippen LogP contribution in [-0.4, -0.2) is 9.97 Å². The van der Waals surface area contributed by atoms with Gasteiger partial charge in [0.25, 0.3) is 0 Å². The van der Waals surface area contributed by atoms with Crippen LogP contribution in [0, 0.1) is 0 Å². The molecule has 2 heterocycles. The third kappa shape index (κ3) is 5.64. The lowest BCUT2D eigenvalue weighted by Gasteiger charge is -2.30. The molecule has 0 aliphatic heterocycles. The quantitative estimate of drug-likeness (QED) is 0.168. The van der Waals surface area contributed by atoms with Crippen molar-refractivity contribution < 1.29 is 0 Å². The average molecular weight is 775 g/mol. The molecule has 0 amide bonds. The van der Waals surface area contributed by atoms with Gasteiger partial charge in [0.15, 0.2) is 0 Å². The van der Waals surface area contributed by atoms with E-state index < -0.39 is 5.41 Å². The van der Waals surface area contributed by atoms with Crippen molar-refractivity contribution in [1.82, 2.24) is 9.97 Å². The minimum Gasteiger partial charge on any atom is -0.248 e. The fourth-order valence-corrected chi connectivity index (χ4v) is 9.93. The van der Waals surface area contributed by atoms with E-state index in [1.165, 1.54) is 44.5 Å². The number of hydrogen-bond donors (Lipinski definition) is 0. The number of rotatable bonds is 6. The van der Waals surface area contributed by atoms with Crippen molar-refractivity contribution in [2.45, 2.75) is 5.41 Å². The van der Waals surface area contributed by atoms with Gasteiger partial charge in [0, 0.05) is 22.3 Å². The van der Waals surface area contributed by atoms with Crippen LogP contribution >= 0.6 is 0 Å². The highest BCUT2D eigenvalue weighted by Gasteiger charge is 2.51. The van der Waals surface area contributed by atoms with Crippen LogP contribution in [0.3, 0.4) is 0 Å². The summed E-state index contributed by atoms with van der Waals surface area (Å²) in [4.78, 5) is 10.4. The molecule has 61 heavy (non-hydrogen) atoms. The Morgan fingerprint density at radius 1 is 0.213 bits per heavy atom. The molecule has 0 saturated carbocycles. The van der Waals surface area contributed by atoms with E-state index >= 15 is 0 Å². The van der Waals surface area contributed by atoms with Crippen molar-refractivity contribution in [2.24, 2.45) is 0 Å². The molecule has 0 N–H and O–H groups in total. The second-order valence-electron chi connectivity index (χ2n) is 16.1. The lowest BCUT2D eigenvalue weighted by Crippen LogP contribution is -2.25. The first kappa shape index (κ1) is 35.0. The average Bonchev–Trinajstić information content (AvgIpc) is 3.81. The molecule has 0 bridgehead atoms. The highest BCUT2D eigenvalue weighted by atomic mass is 14.7. The predicted molar refractivity (Wildman–Crippen MR) is 251 cm³/mol. The number of benzene rings is 8. The molecule has 2 aliphatic carbocycles. The number of pyridine rings is 2. The Balaban J connectivity index is 1.10. The summed E-state index contributed by atoms with van der Waals surface area (Å²) in [5, 5.41) is 0. The van der Waals surface area contributed by atoms with Crippen LogP contribution in [0.2, 0.25) is 0 Å². The van der Waals surface area contributed by atoms with Gasteiger partial charge in [0.05, 0.1) is 28.2 Å². The van der Waals surface area contributed by atoms with Gasteiger partial charge in [-0.05, 0) is 103 Å². The van der Waals surface area contributed by atoms with Gasteiger partial charge >= 0.3 is 0 Å². The van der Waals surface area contributed by atoms with Crippen LogP contribution in [0.5, 0.6) is 0 Å². The summed E-state index contributed by atoms with van der Waals surface area (Å²) >= 11 is 0. The molecule has 0 radical (unpaired) electrons. The summed E-state index contributed by atoms with van der Waals surface area (Å²) in [5.74, 6) is 0. The van der Waals surface area contributed by atoms with Crippen molar-refractivity contribution >= 4 is 0 Å². The van der Waals surface area contributed by atoms with Crippen molar-refractivity contribution in [3.05, 3.63) is 253 Å². The third-order valence-corrected chi connectivity index (χ3v) is 12.7. The van der Waals surface area contributed by atoms with Crippen LogP contribution < -0.4 is 0 Å². The minimum absolute atomic E-state index is 0.458. The summed E-state index contributed by atoms with van der Waals surface area (Å²) in [6.07, 6.45) is 0. The van der Waals surface area contributed by atoms with E-state index in [2.05, 4.69) is 231 Å². The number of fused-ring (bicyclic) bond motifs is 10. The van der Waals surface area contributed by atoms with Gasteiger partial charge in [-0.25, -0.2) is 9.97 Å². The van der Waals surface area contributed by atoms with Crippen molar-refractivity contribution in [2.75, 3.05) is 0 Å². The maximum Gasteiger partial charge on any atom is 0.0725 e. The molecule has 12 rings (SSSR count). The lowest BCUT2D eigenvalue weighted by molar-refractivity contribution is 0.794. The van der Waals surface area contributed by atoms with Gasteiger partial charge in [0.1, 0.15) is 0 Å². The van der Waals surface area contributed by atoms with Crippen LogP contribution in [-0.2, 0) is 5.41 Å². The summed E-state index contributed by atoms with van der Waals surface area (Å²) in [7, 11) is 0. The number of nitrogens with zero attached hydrogens (tertiary/aromatic N) is 2. The largest absolute Gasteiger partial charge is 0.248 e. The molecule has 2 aromatic heterocycles. The highest BCUT2D eigenvalue weighted by Crippen LogP contribution is 2.63. The molecule has 2 nitrogen and oxygen atoms in total. The molecule has 8 aromatic carbocycles. The van der Waals surface area contributed by atoms with Crippen LogP contribution in [0.4, 0.5) is 0 Å². The van der Waals surface area contributed by atoms with Gasteiger partial charge in [0.2, 0.25) is 0 Å². The maximum absolute atomic E-state index is 5.21. The van der Waals surface area contributed by atoms with Crippen molar-refractivity contribution in [3.63, 3.8) is 0 Å². The van der Waals surface area contributed by atoms with E-state index in [9.17, 15) is 0 Å². The van der Waals surface area contributed by atoms with Crippen LogP contribution in [0.1, 0.15) is 22.3 Å². The summed E-state index contributed by atoms with van der Waals surface area (Å²) in [5.41, 5.74) is 22.7. The second kappa shape index (κ2) is 14.1. The summed E-state index contributed by atoms with van der Waals surface area (Å²) in [6.45, 7) is 0. The Kier molecular flexibility index (Phi) is 8.11. The van der Waals surface area contributed by atoms with Gasteiger partial charge in [-0.3, -0.25) is 0 Å². The zero-order chi connectivity index (χ0) is 40.3. The zero-order valence-corrected chi connectivity index (χ0v) is 33.3. The van der Waals surface area contributed by atoms with Crippen molar-refractivity contribution in [1.29, 1.82) is 0 Å². The topological polar surface area (TPSA) is 25.8 Å². The van der Waals surface area contributed by atoms with Crippen LogP contribution in [0.25, 0.3) is 89.5 Å². The first-order valence-electron chi connectivity index (χ1n) is 21.0. The maximum atomic E-state index is 5.21. The SMILES string of the molecule is c1ccc(-c2cc(-c3ccc4c(c3)-c3cc(-c5cc(-c6ccccc6)nc(-c6ccccc6)c5)ccc3C43c4ccccc4-c4ccccc43)cc(-c3ccccc3)n2)cc1. The standard InChI is InChI=1S/C59H38N2/c1-5-17-39(18-6-1)55-35-45(36-56(60-55)40-19-7-2-8-20-40)43-29-31-53-49(33-43)50-34-44(30-32-54(50)59(53)51-27-15-13-25-47(51)48-26-14-16-28-52(48)59)46-37-57(41-21-9-3-10-22-41)61-58(38-46)42-23-11-4-12-24-42/h1-38H. The Bertz CT molecular complexity index is 2940. The molecule has 0 unspecified atom stereocenters. The Labute approximate surface area is 356 Å². The fourth-order valence-electron chi connectivity index (χ4n) is 9.93. The van der Waals surface area contributed by atoms with E-state index in [4.69, 9.17) is 9.97 Å². The summed E-state index contributed by atoms with van der Waals surface area (Å²) in [6, 6.07) is 83.4. The van der Waals surface area contributed by atoms with Gasteiger partial charge < -0.3 is 0 Å². The van der Waals surface area contributed by atoms with E-state index in [1.807, 2.05) is 0 Å². The smallest absolute Gasteiger partial charge is 0.0725 e. The second-order valence-corrected chi connectivity index (χ2v) is 16.1. The zero-order valence-electron chi connectivity index (χ0n) is 33.3. The Morgan fingerprint density at radius 3 is 0.852 bits per heavy atom. The molecule has 0 fully saturated rings. The summed E-state index contributed by atoms with van der Waals surface area (Å²) < 4.78 is 0. The van der Waals surface area contributed by atoms with Gasteiger partial charge in [-0.2, -0.15) is 0 Å². The third-order valence-electron chi connectivity index (χ3n) is 12.7.